The molecule has 2 atom stereocenters. The lowest BCUT2D eigenvalue weighted by Gasteiger charge is -2.27. The predicted molar refractivity (Wildman–Crippen MR) is 236 cm³/mol. The fourth-order valence-corrected chi connectivity index (χ4v) is 7.60. The highest BCUT2D eigenvalue weighted by molar-refractivity contribution is 5.96. The van der Waals surface area contributed by atoms with Crippen LogP contribution in [0.25, 0.3) is 17.4 Å². The fourth-order valence-electron chi connectivity index (χ4n) is 7.60. The minimum Gasteiger partial charge on any atom is -0.481 e. The number of nitrogens with zero attached hydrogens (tertiary/aromatic N) is 10. The number of carbonyl (C=O) groups excluding carboxylic acids is 2. The third-order valence-corrected chi connectivity index (χ3v) is 10.2. The van der Waals surface area contributed by atoms with Gasteiger partial charge in [-0.15, -0.1) is 0 Å². The number of nitrogens with two attached hydrogens (primary N) is 1. The van der Waals surface area contributed by atoms with Gasteiger partial charge in [-0.3, -0.25) is 14.8 Å². The van der Waals surface area contributed by atoms with Crippen molar-refractivity contribution >= 4 is 46.9 Å². The Balaban J connectivity index is 0.000000215. The second kappa shape index (κ2) is 23.0. The Labute approximate surface area is 369 Å². The zero-order valence-corrected chi connectivity index (χ0v) is 36.6. The van der Waals surface area contributed by atoms with E-state index in [0.717, 1.165) is 81.3 Å². The number of nitrogens with one attached hydrogen (secondary N) is 1. The molecule has 8 heterocycles. The highest BCUT2D eigenvalue weighted by Crippen LogP contribution is 2.38. The number of carboxylic acids is 1. The summed E-state index contributed by atoms with van der Waals surface area (Å²) in [4.78, 5) is 55.5. The van der Waals surface area contributed by atoms with E-state index in [-0.39, 0.29) is 36.9 Å². The molecule has 4 N–H and O–H groups in total. The third kappa shape index (κ3) is 11.4. The molecular formula is C44H54F2N12O6. The Morgan fingerprint density at radius 3 is 1.77 bits per heavy atom. The summed E-state index contributed by atoms with van der Waals surface area (Å²) >= 11 is 0. The number of esters is 2. The van der Waals surface area contributed by atoms with Crippen LogP contribution in [-0.4, -0.2) is 109 Å². The maximum atomic E-state index is 14.1. The number of fused-ring (bicyclic) bond motifs is 2. The highest BCUT2D eigenvalue weighted by Gasteiger charge is 2.32. The molecule has 8 rings (SSSR count). The second-order valence-corrected chi connectivity index (χ2v) is 14.3. The molecule has 6 aromatic rings. The number of pyridine rings is 2. The van der Waals surface area contributed by atoms with Crippen LogP contribution in [-0.2, 0) is 20.7 Å². The van der Waals surface area contributed by atoms with Gasteiger partial charge in [-0.25, -0.2) is 37.4 Å². The molecule has 0 aliphatic carbocycles. The molecule has 0 spiro atoms. The van der Waals surface area contributed by atoms with Crippen LogP contribution in [0.2, 0.25) is 0 Å². The van der Waals surface area contributed by atoms with E-state index in [0.29, 0.717) is 33.9 Å². The van der Waals surface area contributed by atoms with Gasteiger partial charge in [0, 0.05) is 56.6 Å². The number of halogens is 2. The molecule has 2 fully saturated rings. The van der Waals surface area contributed by atoms with E-state index in [1.54, 1.807) is 47.4 Å². The standard InChI is InChI=1S/C21H25FN6O2.C20H20FN5O2.C2H4O2.CH5N/c1-3-30-21(29)16-13-25-28-10-7-19(26-20(16)28)27-9-4-5-18(27)15-11-14(22)12-24-17(15)6-8-23-2;1-3-16-14(10-13(21)11-22-16)17-6-5-8-25(17)18-7-9-26-19(24-18)15(12-23-26)20(27)28-4-2;1-2(3)4;1-2/h7,10-13,18,23H,3-6,8-9H2,1-2H3;3,7,9-12,17H,1,4-6,8H2,2H3;1H3,(H,3,4);2H2,1H3/t18-;;;/m0.../s1. The molecule has 2 aliphatic heterocycles. The summed E-state index contributed by atoms with van der Waals surface area (Å²) < 4.78 is 41.2. The quantitative estimate of drug-likeness (QED) is 0.127. The zero-order valence-electron chi connectivity index (χ0n) is 36.6. The topological polar surface area (TPSA) is 221 Å². The van der Waals surface area contributed by atoms with Gasteiger partial charge in [0.15, 0.2) is 11.3 Å². The molecule has 0 bridgehead atoms. The van der Waals surface area contributed by atoms with Gasteiger partial charge in [0.1, 0.15) is 34.4 Å². The predicted octanol–water partition coefficient (Wildman–Crippen LogP) is 5.63. The highest BCUT2D eigenvalue weighted by atomic mass is 19.1. The van der Waals surface area contributed by atoms with Crippen molar-refractivity contribution in [3.63, 3.8) is 0 Å². The lowest BCUT2D eigenvalue weighted by atomic mass is 10.0. The van der Waals surface area contributed by atoms with Crippen LogP contribution >= 0.6 is 0 Å². The number of aromatic nitrogens is 8. The molecule has 20 heteroatoms. The van der Waals surface area contributed by atoms with Crippen LogP contribution in [0.3, 0.4) is 0 Å². The first kappa shape index (κ1) is 48.1. The van der Waals surface area contributed by atoms with Crippen molar-refractivity contribution in [1.82, 2.24) is 44.5 Å². The Bertz CT molecular complexity index is 2550. The minimum atomic E-state index is -0.833. The van der Waals surface area contributed by atoms with Crippen molar-refractivity contribution < 1.29 is 37.7 Å². The Kier molecular flexibility index (Phi) is 17.3. The maximum Gasteiger partial charge on any atom is 0.343 e. The molecule has 0 radical (unpaired) electrons. The van der Waals surface area contributed by atoms with Crippen molar-refractivity contribution in [2.24, 2.45) is 5.73 Å². The number of carbonyl (C=O) groups is 3. The van der Waals surface area contributed by atoms with Crippen LogP contribution in [0, 0.1) is 11.6 Å². The summed E-state index contributed by atoms with van der Waals surface area (Å²) in [5.41, 5.74) is 9.26. The molecule has 2 aliphatic rings. The van der Waals surface area contributed by atoms with Gasteiger partial charge >= 0.3 is 11.9 Å². The van der Waals surface area contributed by atoms with E-state index < -0.39 is 17.9 Å². The molecule has 340 valence electrons. The maximum absolute atomic E-state index is 14.1. The molecule has 18 nitrogen and oxygen atoms in total. The van der Waals surface area contributed by atoms with E-state index in [1.807, 2.05) is 19.2 Å². The summed E-state index contributed by atoms with van der Waals surface area (Å²) in [6.07, 6.45) is 14.9. The number of likely N-dealkylation sites (N-methyl/N-ethyl adjacent to an activating group) is 1. The lowest BCUT2D eigenvalue weighted by molar-refractivity contribution is -0.134. The van der Waals surface area contributed by atoms with E-state index in [2.05, 4.69) is 52.6 Å². The fraction of sp³-hybridized carbons (Fsp3) is 0.386. The van der Waals surface area contributed by atoms with E-state index in [4.69, 9.17) is 24.4 Å². The summed E-state index contributed by atoms with van der Waals surface area (Å²) in [7, 11) is 3.39. The van der Waals surface area contributed by atoms with Gasteiger partial charge < -0.3 is 35.4 Å². The minimum absolute atomic E-state index is 0.0241. The van der Waals surface area contributed by atoms with Crippen LogP contribution < -0.4 is 20.9 Å². The number of aliphatic carboxylic acids is 1. The second-order valence-electron chi connectivity index (χ2n) is 14.3. The largest absolute Gasteiger partial charge is 0.481 e. The molecule has 6 aromatic heterocycles. The smallest absolute Gasteiger partial charge is 0.343 e. The van der Waals surface area contributed by atoms with Gasteiger partial charge in [0.25, 0.3) is 5.97 Å². The Hall–Kier alpha value is -6.93. The normalized spacial score (nSPS) is 15.4. The molecule has 0 saturated carbocycles. The molecule has 64 heavy (non-hydrogen) atoms. The molecule has 2 saturated heterocycles. The van der Waals surface area contributed by atoms with Crippen molar-refractivity contribution in [3.8, 4) is 0 Å². The lowest BCUT2D eigenvalue weighted by Crippen LogP contribution is -2.26. The Morgan fingerprint density at radius 2 is 1.30 bits per heavy atom. The molecule has 0 amide bonds. The number of rotatable bonds is 12. The van der Waals surface area contributed by atoms with E-state index >= 15 is 0 Å². The van der Waals surface area contributed by atoms with Crippen molar-refractivity contribution in [2.75, 3.05) is 56.7 Å². The number of hydrogen-bond donors (Lipinski definition) is 3. The molecule has 1 unspecified atom stereocenters. The first-order chi connectivity index (χ1) is 31.0. The monoisotopic (exact) mass is 884 g/mol. The van der Waals surface area contributed by atoms with Crippen LogP contribution in [0.1, 0.15) is 102 Å². The molecular weight excluding hydrogens is 831 g/mol. The third-order valence-electron chi connectivity index (χ3n) is 10.2. The van der Waals surface area contributed by atoms with Gasteiger partial charge in [0.2, 0.25) is 0 Å². The summed E-state index contributed by atoms with van der Waals surface area (Å²) in [6, 6.07) is 6.71. The van der Waals surface area contributed by atoms with Crippen molar-refractivity contribution in [2.45, 2.75) is 65.0 Å². The molecule has 0 aromatic carbocycles. The van der Waals surface area contributed by atoms with Gasteiger partial charge in [-0.2, -0.15) is 10.2 Å². The average molecular weight is 885 g/mol. The average Bonchev–Trinajstić information content (AvgIpc) is 4.13. The Morgan fingerprint density at radius 1 is 0.828 bits per heavy atom. The SMILES string of the molecule is C=Cc1ncc(F)cc1C1CCCN1c1ccn2ncc(C(=O)OCC)c2n1.CC(=O)O.CCOC(=O)c1cnn2ccc(N3CCC[C@H]3c3cc(F)cnc3CCNC)nc12.CN. The summed E-state index contributed by atoms with van der Waals surface area (Å²) in [5.74, 6) is -1.03. The first-order valence-corrected chi connectivity index (χ1v) is 20.9. The number of ether oxygens (including phenoxy) is 2. The van der Waals surface area contributed by atoms with Gasteiger partial charge in [-0.05, 0) is 89.5 Å². The van der Waals surface area contributed by atoms with Crippen LogP contribution in [0.4, 0.5) is 20.4 Å². The van der Waals surface area contributed by atoms with E-state index in [1.165, 1.54) is 37.9 Å². The van der Waals surface area contributed by atoms with Crippen molar-refractivity contribution in [1.29, 1.82) is 0 Å². The van der Waals surface area contributed by atoms with Crippen LogP contribution in [0.15, 0.2) is 68.0 Å². The first-order valence-electron chi connectivity index (χ1n) is 20.9. The van der Waals surface area contributed by atoms with Gasteiger partial charge in [-0.1, -0.05) is 6.58 Å². The summed E-state index contributed by atoms with van der Waals surface area (Å²) in [6.45, 7) is 11.3. The van der Waals surface area contributed by atoms with Gasteiger partial charge in [0.05, 0.1) is 55.8 Å². The zero-order chi connectivity index (χ0) is 46.3. The van der Waals surface area contributed by atoms with Crippen molar-refractivity contribution in [3.05, 3.63) is 113 Å². The number of carboxylic acid groups (broad SMARTS) is 1. The number of hydrogen-bond acceptors (Lipinski definition) is 15. The van der Waals surface area contributed by atoms with Crippen LogP contribution in [0.5, 0.6) is 0 Å². The number of anilines is 2. The summed E-state index contributed by atoms with van der Waals surface area (Å²) in [5, 5.41) is 18.9. The van der Waals surface area contributed by atoms with E-state index in [9.17, 15) is 18.4 Å².